The molecule has 1 saturated carbocycles. The molecule has 162 valence electrons. The molecule has 0 bridgehead atoms. The minimum atomic E-state index is -3.04. The number of amides is 1. The van der Waals surface area contributed by atoms with Gasteiger partial charge in [0.1, 0.15) is 11.5 Å². The molecule has 1 N–H and O–H groups in total. The van der Waals surface area contributed by atoms with Crippen LogP contribution < -0.4 is 10.1 Å². The lowest BCUT2D eigenvalue weighted by molar-refractivity contribution is -0.123. The largest absolute Gasteiger partial charge is 0.484 e. The van der Waals surface area contributed by atoms with Crippen LogP contribution in [0.3, 0.4) is 0 Å². The summed E-state index contributed by atoms with van der Waals surface area (Å²) in [5, 5.41) is 2.20. The average molecular weight is 424 g/mol. The molecule has 1 atom stereocenters. The number of ether oxygens (including phenoxy) is 1. The zero-order valence-corrected chi connectivity index (χ0v) is 18.5. The maximum atomic E-state index is 12.7. The number of sulfone groups is 1. The number of Topliss-reactive ketones (excluding diaryl/α,β-unsaturated/α-hetero) is 1. The summed E-state index contributed by atoms with van der Waals surface area (Å²) in [6, 6.07) is 7.26. The van der Waals surface area contributed by atoms with Gasteiger partial charge in [-0.25, -0.2) is 8.42 Å². The third-order valence-corrected chi connectivity index (χ3v) is 8.38. The number of rotatable bonds is 10. The third kappa shape index (κ3) is 7.14. The highest BCUT2D eigenvalue weighted by Gasteiger charge is 2.30. The molecule has 1 aromatic rings. The molecule has 1 unspecified atom stereocenters. The van der Waals surface area contributed by atoms with Crippen molar-refractivity contribution < 1.29 is 22.7 Å². The molecule has 0 aliphatic heterocycles. The van der Waals surface area contributed by atoms with Crippen LogP contribution in [0.2, 0.25) is 0 Å². The van der Waals surface area contributed by atoms with Crippen molar-refractivity contribution in [1.29, 1.82) is 0 Å². The summed E-state index contributed by atoms with van der Waals surface area (Å²) >= 11 is 0. The molecule has 29 heavy (non-hydrogen) atoms. The molecule has 0 saturated heterocycles. The monoisotopic (exact) mass is 423 g/mol. The van der Waals surface area contributed by atoms with E-state index in [9.17, 15) is 18.0 Å². The second kappa shape index (κ2) is 10.8. The summed E-state index contributed by atoms with van der Waals surface area (Å²) < 4.78 is 30.1. The fraction of sp³-hybridized carbons (Fsp3) is 0.636. The van der Waals surface area contributed by atoms with Gasteiger partial charge in [-0.3, -0.25) is 9.59 Å². The quantitative estimate of drug-likeness (QED) is 0.625. The standard InChI is InChI=1S/C22H33NO5S/c1-4-16(2)29(26,27)15-17-8-10-19(11-9-17)21(24)13-18-6-5-7-20(12-18)28-14-22(25)23-3/h5-7,12,16-17,19H,4,8-11,13-15H2,1-3H3,(H,23,25). The van der Waals surface area contributed by atoms with E-state index in [-0.39, 0.29) is 41.1 Å². The average Bonchev–Trinajstić information content (AvgIpc) is 2.71. The van der Waals surface area contributed by atoms with Crippen LogP contribution in [-0.2, 0) is 25.8 Å². The number of hydrogen-bond donors (Lipinski definition) is 1. The Bertz CT molecular complexity index is 797. The molecular formula is C22H33NO5S. The van der Waals surface area contributed by atoms with E-state index in [0.717, 1.165) is 31.2 Å². The van der Waals surface area contributed by atoms with Crippen LogP contribution in [0.5, 0.6) is 5.75 Å². The topological polar surface area (TPSA) is 89.5 Å². The van der Waals surface area contributed by atoms with E-state index in [1.807, 2.05) is 19.1 Å². The van der Waals surface area contributed by atoms with Gasteiger partial charge in [-0.15, -0.1) is 0 Å². The normalized spacial score (nSPS) is 20.7. The Labute approximate surface area is 174 Å². The molecule has 2 rings (SSSR count). The van der Waals surface area contributed by atoms with E-state index < -0.39 is 9.84 Å². The first-order valence-corrected chi connectivity index (χ1v) is 12.1. The number of carbonyl (C=O) groups is 2. The van der Waals surface area contributed by atoms with E-state index in [0.29, 0.717) is 18.6 Å². The van der Waals surface area contributed by atoms with Crippen LogP contribution in [-0.4, -0.2) is 44.8 Å². The van der Waals surface area contributed by atoms with Gasteiger partial charge in [-0.2, -0.15) is 0 Å². The Morgan fingerprint density at radius 2 is 1.90 bits per heavy atom. The first-order valence-electron chi connectivity index (χ1n) is 10.4. The van der Waals surface area contributed by atoms with Crippen molar-refractivity contribution >= 4 is 21.5 Å². The number of carbonyl (C=O) groups excluding carboxylic acids is 2. The molecule has 7 heteroatoms. The Balaban J connectivity index is 1.85. The van der Waals surface area contributed by atoms with Crippen LogP contribution in [0.1, 0.15) is 51.5 Å². The fourth-order valence-electron chi connectivity index (χ4n) is 3.71. The maximum Gasteiger partial charge on any atom is 0.257 e. The summed E-state index contributed by atoms with van der Waals surface area (Å²) in [5.74, 6) is 0.953. The highest BCUT2D eigenvalue weighted by Crippen LogP contribution is 2.32. The zero-order valence-electron chi connectivity index (χ0n) is 17.6. The molecule has 0 spiro atoms. The lowest BCUT2D eigenvalue weighted by Gasteiger charge is -2.28. The molecule has 0 heterocycles. The van der Waals surface area contributed by atoms with Gasteiger partial charge in [0, 0.05) is 19.4 Å². The molecule has 1 amide bonds. The lowest BCUT2D eigenvalue weighted by atomic mass is 9.79. The number of hydrogen-bond acceptors (Lipinski definition) is 5. The molecule has 6 nitrogen and oxygen atoms in total. The van der Waals surface area contributed by atoms with Gasteiger partial charge in [-0.05, 0) is 62.6 Å². The SMILES string of the molecule is CCC(C)S(=O)(=O)CC1CCC(C(=O)Cc2cccc(OCC(=O)NC)c2)CC1. The second-order valence-corrected chi connectivity index (χ2v) is 10.5. The van der Waals surface area contributed by atoms with Crippen LogP contribution in [0, 0.1) is 11.8 Å². The van der Waals surface area contributed by atoms with E-state index in [1.165, 1.54) is 0 Å². The van der Waals surface area contributed by atoms with Crippen LogP contribution in [0.25, 0.3) is 0 Å². The van der Waals surface area contributed by atoms with E-state index in [2.05, 4.69) is 5.32 Å². The van der Waals surface area contributed by atoms with Crippen molar-refractivity contribution in [2.75, 3.05) is 19.4 Å². The van der Waals surface area contributed by atoms with Gasteiger partial charge < -0.3 is 10.1 Å². The number of benzene rings is 1. The first-order chi connectivity index (χ1) is 13.7. The van der Waals surface area contributed by atoms with Crippen molar-refractivity contribution in [3.63, 3.8) is 0 Å². The highest BCUT2D eigenvalue weighted by atomic mass is 32.2. The third-order valence-electron chi connectivity index (χ3n) is 5.88. The molecule has 0 aromatic heterocycles. The van der Waals surface area contributed by atoms with E-state index in [4.69, 9.17) is 4.74 Å². The number of likely N-dealkylation sites (N-methyl/N-ethyl adjacent to an activating group) is 1. The van der Waals surface area contributed by atoms with Gasteiger partial charge in [-0.1, -0.05) is 19.1 Å². The predicted octanol–water partition coefficient (Wildman–Crippen LogP) is 2.94. The molecule has 1 aliphatic rings. The van der Waals surface area contributed by atoms with E-state index in [1.54, 1.807) is 26.1 Å². The maximum absolute atomic E-state index is 12.7. The fourth-order valence-corrected chi connectivity index (χ4v) is 5.54. The smallest absolute Gasteiger partial charge is 0.257 e. The van der Waals surface area contributed by atoms with E-state index >= 15 is 0 Å². The van der Waals surface area contributed by atoms with Crippen molar-refractivity contribution in [3.05, 3.63) is 29.8 Å². The summed E-state index contributed by atoms with van der Waals surface area (Å²) in [7, 11) is -1.49. The van der Waals surface area contributed by atoms with Crippen LogP contribution in [0.4, 0.5) is 0 Å². The summed E-state index contributed by atoms with van der Waals surface area (Å²) in [6.45, 7) is 3.62. The highest BCUT2D eigenvalue weighted by molar-refractivity contribution is 7.92. The van der Waals surface area contributed by atoms with Crippen molar-refractivity contribution in [1.82, 2.24) is 5.32 Å². The Morgan fingerprint density at radius 3 is 2.52 bits per heavy atom. The zero-order chi connectivity index (χ0) is 21.4. The van der Waals surface area contributed by atoms with Gasteiger partial charge >= 0.3 is 0 Å². The Morgan fingerprint density at radius 1 is 1.21 bits per heavy atom. The Kier molecular flexibility index (Phi) is 8.68. The van der Waals surface area contributed by atoms with Gasteiger partial charge in [0.05, 0.1) is 11.0 Å². The van der Waals surface area contributed by atoms with Gasteiger partial charge in [0.15, 0.2) is 16.4 Å². The second-order valence-electron chi connectivity index (χ2n) is 8.02. The molecule has 1 aliphatic carbocycles. The predicted molar refractivity (Wildman–Crippen MR) is 114 cm³/mol. The molecule has 0 radical (unpaired) electrons. The van der Waals surface area contributed by atoms with Crippen LogP contribution >= 0.6 is 0 Å². The number of ketones is 1. The first kappa shape index (κ1) is 23.4. The number of nitrogens with one attached hydrogen (secondary N) is 1. The van der Waals surface area contributed by atoms with Crippen molar-refractivity contribution in [2.24, 2.45) is 11.8 Å². The van der Waals surface area contributed by atoms with Crippen molar-refractivity contribution in [2.45, 2.75) is 57.6 Å². The van der Waals surface area contributed by atoms with Crippen LogP contribution in [0.15, 0.2) is 24.3 Å². The molecular weight excluding hydrogens is 390 g/mol. The van der Waals surface area contributed by atoms with Gasteiger partial charge in [0.2, 0.25) is 0 Å². The molecule has 1 fully saturated rings. The summed E-state index contributed by atoms with van der Waals surface area (Å²) in [6.07, 6.45) is 4.07. The minimum absolute atomic E-state index is 0.00648. The summed E-state index contributed by atoms with van der Waals surface area (Å²) in [5.41, 5.74) is 0.867. The minimum Gasteiger partial charge on any atom is -0.484 e. The van der Waals surface area contributed by atoms with Crippen molar-refractivity contribution in [3.8, 4) is 5.75 Å². The molecule has 1 aromatic carbocycles. The Hall–Kier alpha value is -1.89. The summed E-state index contributed by atoms with van der Waals surface area (Å²) in [4.78, 5) is 24.0. The lowest BCUT2D eigenvalue weighted by Crippen LogP contribution is -2.30. The van der Waals surface area contributed by atoms with Gasteiger partial charge in [0.25, 0.3) is 5.91 Å².